The highest BCUT2D eigenvalue weighted by Gasteiger charge is 2.34. The fourth-order valence-electron chi connectivity index (χ4n) is 3.33. The van der Waals surface area contributed by atoms with Crippen molar-refractivity contribution >= 4 is 27.6 Å². The number of nitrogens with one attached hydrogen (secondary N) is 2. The Balaban J connectivity index is 1.80. The smallest absolute Gasteiger partial charge is 0.334 e. The summed E-state index contributed by atoms with van der Waals surface area (Å²) < 4.78 is 42.1. The summed E-state index contributed by atoms with van der Waals surface area (Å²) in [6.45, 7) is 4.75. The summed E-state index contributed by atoms with van der Waals surface area (Å²) in [4.78, 5) is 12.5. The SMILES string of the molecule is CCc1cc(NC(=O)NS(=O)(=O)N(c2cnn(C)c2)C2CCOCC2)c(CC)o1. The molecule has 2 aromatic rings. The number of carbonyl (C=O) groups is 1. The molecule has 11 heteroatoms. The van der Waals surface area contributed by atoms with Crippen LogP contribution in [0.5, 0.6) is 0 Å². The summed E-state index contributed by atoms with van der Waals surface area (Å²) in [7, 11) is -2.46. The number of urea groups is 1. The Labute approximate surface area is 170 Å². The lowest BCUT2D eigenvalue weighted by Crippen LogP contribution is -2.51. The zero-order valence-corrected chi connectivity index (χ0v) is 17.7. The van der Waals surface area contributed by atoms with E-state index in [1.807, 2.05) is 13.8 Å². The molecule has 2 amide bonds. The van der Waals surface area contributed by atoms with Gasteiger partial charge in [0.25, 0.3) is 0 Å². The number of ether oxygens (including phenoxy) is 1. The van der Waals surface area contributed by atoms with E-state index in [0.29, 0.717) is 56.0 Å². The summed E-state index contributed by atoms with van der Waals surface area (Å²) in [5.74, 6) is 1.32. The van der Waals surface area contributed by atoms with Crippen molar-refractivity contribution in [2.24, 2.45) is 7.05 Å². The van der Waals surface area contributed by atoms with Gasteiger partial charge in [-0.2, -0.15) is 13.5 Å². The molecule has 3 heterocycles. The zero-order chi connectivity index (χ0) is 21.0. The molecule has 2 N–H and O–H groups in total. The van der Waals surface area contributed by atoms with Crippen LogP contribution in [-0.2, 0) is 34.8 Å². The van der Waals surface area contributed by atoms with E-state index in [2.05, 4.69) is 15.1 Å². The summed E-state index contributed by atoms with van der Waals surface area (Å²) >= 11 is 0. The number of anilines is 2. The van der Waals surface area contributed by atoms with Crippen LogP contribution >= 0.6 is 0 Å². The van der Waals surface area contributed by atoms with Gasteiger partial charge in [0, 0.05) is 45.4 Å². The molecular weight excluding hydrogens is 398 g/mol. The molecule has 0 unspecified atom stereocenters. The lowest BCUT2D eigenvalue weighted by Gasteiger charge is -2.33. The van der Waals surface area contributed by atoms with Crippen LogP contribution in [-0.4, -0.2) is 43.5 Å². The number of carbonyl (C=O) groups excluding carboxylic acids is 1. The Morgan fingerprint density at radius 2 is 2.03 bits per heavy atom. The van der Waals surface area contributed by atoms with Gasteiger partial charge >= 0.3 is 16.2 Å². The zero-order valence-electron chi connectivity index (χ0n) is 16.8. The standard InChI is InChI=1S/C18H27N5O5S/c1-4-15-10-16(17(5-2)28-15)20-18(24)21-29(25,26)23(13-6-8-27-9-7-13)14-11-19-22(3)12-14/h10-13H,4-9H2,1-3H3,(H2,20,21,24). The minimum absolute atomic E-state index is 0.329. The fraction of sp³-hybridized carbons (Fsp3) is 0.556. The number of rotatable bonds is 7. The quantitative estimate of drug-likeness (QED) is 0.702. The second-order valence-electron chi connectivity index (χ2n) is 6.83. The lowest BCUT2D eigenvalue weighted by atomic mass is 10.1. The average Bonchev–Trinajstić information content (AvgIpc) is 3.27. The molecule has 0 aliphatic carbocycles. The number of hydrogen-bond donors (Lipinski definition) is 2. The first-order valence-electron chi connectivity index (χ1n) is 9.65. The van der Waals surface area contributed by atoms with Crippen LogP contribution in [0, 0.1) is 0 Å². The first-order chi connectivity index (χ1) is 13.8. The Morgan fingerprint density at radius 1 is 1.31 bits per heavy atom. The number of amides is 2. The minimum Gasteiger partial charge on any atom is -0.464 e. The van der Waals surface area contributed by atoms with Crippen LogP contribution < -0.4 is 14.3 Å². The molecule has 1 aliphatic heterocycles. The molecular formula is C18H27N5O5S. The number of aromatic nitrogens is 2. The Morgan fingerprint density at radius 3 is 2.62 bits per heavy atom. The Kier molecular flexibility index (Phi) is 6.48. The highest BCUT2D eigenvalue weighted by atomic mass is 32.2. The topological polar surface area (TPSA) is 119 Å². The monoisotopic (exact) mass is 425 g/mol. The molecule has 160 valence electrons. The highest BCUT2D eigenvalue weighted by molar-refractivity contribution is 7.91. The molecule has 1 aliphatic rings. The van der Waals surface area contributed by atoms with E-state index in [4.69, 9.17) is 9.15 Å². The second-order valence-corrected chi connectivity index (χ2v) is 8.38. The van der Waals surface area contributed by atoms with Crippen molar-refractivity contribution < 1.29 is 22.4 Å². The first kappa shape index (κ1) is 21.2. The van der Waals surface area contributed by atoms with Gasteiger partial charge in [0.2, 0.25) is 0 Å². The molecule has 0 bridgehead atoms. The van der Waals surface area contributed by atoms with Crippen LogP contribution in [0.4, 0.5) is 16.2 Å². The van der Waals surface area contributed by atoms with Crippen molar-refractivity contribution in [2.45, 2.75) is 45.6 Å². The number of aryl methyl sites for hydroxylation is 3. The molecule has 0 aromatic carbocycles. The van der Waals surface area contributed by atoms with Crippen LogP contribution in [0.2, 0.25) is 0 Å². The number of hydrogen-bond acceptors (Lipinski definition) is 6. The largest absolute Gasteiger partial charge is 0.464 e. The minimum atomic E-state index is -4.17. The molecule has 0 radical (unpaired) electrons. The van der Waals surface area contributed by atoms with E-state index >= 15 is 0 Å². The van der Waals surface area contributed by atoms with Gasteiger partial charge < -0.3 is 14.5 Å². The highest BCUT2D eigenvalue weighted by Crippen LogP contribution is 2.26. The van der Waals surface area contributed by atoms with Gasteiger partial charge in [-0.3, -0.25) is 4.68 Å². The molecule has 29 heavy (non-hydrogen) atoms. The molecule has 0 atom stereocenters. The van der Waals surface area contributed by atoms with Gasteiger partial charge in [-0.15, -0.1) is 0 Å². The molecule has 1 saturated heterocycles. The van der Waals surface area contributed by atoms with E-state index in [1.165, 1.54) is 15.2 Å². The van der Waals surface area contributed by atoms with Gasteiger partial charge in [0.05, 0.1) is 23.6 Å². The summed E-state index contributed by atoms with van der Waals surface area (Å²) in [5.41, 5.74) is 0.863. The molecule has 2 aromatic heterocycles. The normalized spacial score (nSPS) is 15.3. The van der Waals surface area contributed by atoms with Gasteiger partial charge in [-0.25, -0.2) is 13.8 Å². The van der Waals surface area contributed by atoms with Crippen molar-refractivity contribution in [3.8, 4) is 0 Å². The van der Waals surface area contributed by atoms with Crippen LogP contribution in [0.3, 0.4) is 0 Å². The predicted molar refractivity (Wildman–Crippen MR) is 108 cm³/mol. The number of nitrogens with zero attached hydrogens (tertiary/aromatic N) is 3. The van der Waals surface area contributed by atoms with Gasteiger partial charge in [0.1, 0.15) is 11.5 Å². The Bertz CT molecular complexity index is 946. The average molecular weight is 426 g/mol. The van der Waals surface area contributed by atoms with E-state index < -0.39 is 16.2 Å². The Hall–Kier alpha value is -2.53. The van der Waals surface area contributed by atoms with Crippen molar-refractivity contribution in [2.75, 3.05) is 22.8 Å². The molecule has 3 rings (SSSR count). The van der Waals surface area contributed by atoms with Crippen molar-refractivity contribution in [3.63, 3.8) is 0 Å². The third-order valence-electron chi connectivity index (χ3n) is 4.73. The number of furan rings is 1. The van der Waals surface area contributed by atoms with Gasteiger partial charge in [-0.1, -0.05) is 13.8 Å². The molecule has 0 spiro atoms. The molecule has 1 fully saturated rings. The van der Waals surface area contributed by atoms with Crippen molar-refractivity contribution in [3.05, 3.63) is 30.0 Å². The van der Waals surface area contributed by atoms with Crippen molar-refractivity contribution in [1.29, 1.82) is 0 Å². The second kappa shape index (κ2) is 8.87. The van der Waals surface area contributed by atoms with E-state index in [9.17, 15) is 13.2 Å². The lowest BCUT2D eigenvalue weighted by molar-refractivity contribution is 0.0875. The van der Waals surface area contributed by atoms with Crippen LogP contribution in [0.1, 0.15) is 38.2 Å². The van der Waals surface area contributed by atoms with Gasteiger partial charge in [0.15, 0.2) is 0 Å². The van der Waals surface area contributed by atoms with Gasteiger partial charge in [-0.05, 0) is 12.8 Å². The molecule has 0 saturated carbocycles. The van der Waals surface area contributed by atoms with Crippen LogP contribution in [0.15, 0.2) is 22.9 Å². The van der Waals surface area contributed by atoms with E-state index in [0.717, 1.165) is 5.76 Å². The maximum atomic E-state index is 13.1. The summed E-state index contributed by atoms with van der Waals surface area (Å²) in [6, 6.07) is 0.539. The maximum Gasteiger partial charge on any atom is 0.334 e. The third kappa shape index (κ3) is 4.91. The summed E-state index contributed by atoms with van der Waals surface area (Å²) in [5, 5.41) is 6.66. The van der Waals surface area contributed by atoms with Crippen LogP contribution in [0.25, 0.3) is 0 Å². The predicted octanol–water partition coefficient (Wildman–Crippen LogP) is 2.19. The fourth-order valence-corrected chi connectivity index (χ4v) is 4.69. The van der Waals surface area contributed by atoms with E-state index in [-0.39, 0.29) is 6.04 Å². The third-order valence-corrected chi connectivity index (χ3v) is 6.20. The van der Waals surface area contributed by atoms with Crippen molar-refractivity contribution in [1.82, 2.24) is 14.5 Å². The maximum absolute atomic E-state index is 13.1. The summed E-state index contributed by atoms with van der Waals surface area (Å²) in [6.07, 6.45) is 5.37. The van der Waals surface area contributed by atoms with E-state index in [1.54, 1.807) is 19.3 Å². The molecule has 10 nitrogen and oxygen atoms in total. The first-order valence-corrected chi connectivity index (χ1v) is 11.1.